The number of unbranched alkanes of at least 4 members (excludes halogenated alkanes) is 4. The first-order valence-electron chi connectivity index (χ1n) is 7.58. The molecule has 0 heteroatoms. The molecule has 0 bridgehead atoms. The third-order valence-electron chi connectivity index (χ3n) is 4.10. The van der Waals surface area contributed by atoms with Gasteiger partial charge >= 0.3 is 0 Å². The second-order valence-corrected chi connectivity index (χ2v) is 5.65. The van der Waals surface area contributed by atoms with Crippen molar-refractivity contribution in [2.75, 3.05) is 0 Å². The van der Waals surface area contributed by atoms with Crippen molar-refractivity contribution < 1.29 is 0 Å². The van der Waals surface area contributed by atoms with Crippen molar-refractivity contribution in [3.05, 3.63) is 23.8 Å². The molecular formula is C17H30. The topological polar surface area (TPSA) is 0 Å². The van der Waals surface area contributed by atoms with Crippen LogP contribution in [0.1, 0.15) is 78.1 Å². The number of allylic oxidation sites excluding steroid dienone is 3. The molecular weight excluding hydrogens is 204 g/mol. The van der Waals surface area contributed by atoms with E-state index in [2.05, 4.69) is 20.4 Å². The van der Waals surface area contributed by atoms with Gasteiger partial charge in [-0.25, -0.2) is 0 Å². The van der Waals surface area contributed by atoms with Gasteiger partial charge in [-0.1, -0.05) is 43.9 Å². The van der Waals surface area contributed by atoms with E-state index >= 15 is 0 Å². The summed E-state index contributed by atoms with van der Waals surface area (Å²) >= 11 is 0. The summed E-state index contributed by atoms with van der Waals surface area (Å²) in [4.78, 5) is 0. The minimum Gasteiger partial charge on any atom is -0.103 e. The lowest BCUT2D eigenvalue weighted by Gasteiger charge is -2.24. The molecule has 1 atom stereocenters. The quantitative estimate of drug-likeness (QED) is 0.355. The maximum absolute atomic E-state index is 3.77. The molecule has 0 N–H and O–H groups in total. The van der Waals surface area contributed by atoms with E-state index < -0.39 is 0 Å². The van der Waals surface area contributed by atoms with Gasteiger partial charge in [-0.05, 0) is 57.3 Å². The highest BCUT2D eigenvalue weighted by atomic mass is 14.2. The summed E-state index contributed by atoms with van der Waals surface area (Å²) in [5.74, 6) is 0.932. The van der Waals surface area contributed by atoms with Gasteiger partial charge in [0.1, 0.15) is 0 Å². The van der Waals surface area contributed by atoms with Crippen LogP contribution in [0.3, 0.4) is 0 Å². The van der Waals surface area contributed by atoms with Crippen LogP contribution in [0.4, 0.5) is 0 Å². The van der Waals surface area contributed by atoms with Crippen molar-refractivity contribution in [3.63, 3.8) is 0 Å². The third-order valence-corrected chi connectivity index (χ3v) is 4.10. The predicted molar refractivity (Wildman–Crippen MR) is 78.2 cm³/mol. The Hall–Kier alpha value is -0.520. The molecule has 1 rings (SSSR count). The predicted octanol–water partition coefficient (Wildman–Crippen LogP) is 6.04. The molecule has 0 saturated carbocycles. The Kier molecular flexibility index (Phi) is 7.32. The zero-order valence-corrected chi connectivity index (χ0v) is 11.9. The molecule has 1 aliphatic rings. The Balaban J connectivity index is 2.23. The first-order chi connectivity index (χ1) is 8.27. The molecule has 1 unspecified atom stereocenters. The summed E-state index contributed by atoms with van der Waals surface area (Å²) in [6, 6.07) is 0. The normalized spacial score (nSPS) is 20.7. The van der Waals surface area contributed by atoms with Crippen molar-refractivity contribution in [1.82, 2.24) is 0 Å². The van der Waals surface area contributed by atoms with Gasteiger partial charge in [0.2, 0.25) is 0 Å². The summed E-state index contributed by atoms with van der Waals surface area (Å²) in [5, 5.41) is 0. The van der Waals surface area contributed by atoms with Crippen LogP contribution in [0.2, 0.25) is 0 Å². The maximum Gasteiger partial charge on any atom is -0.0292 e. The number of hydrogen-bond acceptors (Lipinski definition) is 0. The van der Waals surface area contributed by atoms with E-state index in [-0.39, 0.29) is 0 Å². The first-order valence-corrected chi connectivity index (χ1v) is 7.58. The second kappa shape index (κ2) is 8.55. The van der Waals surface area contributed by atoms with E-state index in [4.69, 9.17) is 0 Å². The highest BCUT2D eigenvalue weighted by Crippen LogP contribution is 2.33. The Morgan fingerprint density at radius 3 is 2.65 bits per heavy atom. The third kappa shape index (κ3) is 5.57. The van der Waals surface area contributed by atoms with Crippen molar-refractivity contribution in [3.8, 4) is 0 Å². The van der Waals surface area contributed by atoms with Crippen LogP contribution in [0.5, 0.6) is 0 Å². The summed E-state index contributed by atoms with van der Waals surface area (Å²) in [7, 11) is 0. The van der Waals surface area contributed by atoms with Gasteiger partial charge in [-0.15, -0.1) is 6.58 Å². The van der Waals surface area contributed by atoms with Crippen molar-refractivity contribution in [2.24, 2.45) is 5.92 Å². The summed E-state index contributed by atoms with van der Waals surface area (Å²) in [6.07, 6.45) is 15.6. The Morgan fingerprint density at radius 2 is 1.94 bits per heavy atom. The molecule has 0 spiro atoms. The average molecular weight is 234 g/mol. The zero-order valence-electron chi connectivity index (χ0n) is 11.9. The first kappa shape index (κ1) is 14.5. The summed E-state index contributed by atoms with van der Waals surface area (Å²) < 4.78 is 0. The van der Waals surface area contributed by atoms with E-state index in [0.29, 0.717) is 0 Å². The lowest BCUT2D eigenvalue weighted by Crippen LogP contribution is -2.07. The van der Waals surface area contributed by atoms with Crippen LogP contribution in [0.15, 0.2) is 23.8 Å². The largest absolute Gasteiger partial charge is 0.103 e. The fourth-order valence-corrected chi connectivity index (χ4v) is 2.95. The smallest absolute Gasteiger partial charge is 0.0292 e. The molecule has 17 heavy (non-hydrogen) atoms. The van der Waals surface area contributed by atoms with Crippen LogP contribution in [0, 0.1) is 5.92 Å². The number of rotatable bonds is 8. The molecule has 0 aliphatic heterocycles. The van der Waals surface area contributed by atoms with Gasteiger partial charge < -0.3 is 0 Å². The number of hydrogen-bond donors (Lipinski definition) is 0. The molecule has 0 aromatic rings. The van der Waals surface area contributed by atoms with E-state index in [1.54, 1.807) is 5.57 Å². The van der Waals surface area contributed by atoms with Crippen LogP contribution >= 0.6 is 0 Å². The van der Waals surface area contributed by atoms with Gasteiger partial charge in [0.05, 0.1) is 0 Å². The minimum absolute atomic E-state index is 0.932. The molecule has 0 aromatic carbocycles. The molecule has 0 radical (unpaired) electrons. The lowest BCUT2D eigenvalue weighted by atomic mass is 9.82. The zero-order chi connectivity index (χ0) is 12.5. The van der Waals surface area contributed by atoms with Crippen LogP contribution < -0.4 is 0 Å². The van der Waals surface area contributed by atoms with Crippen LogP contribution in [-0.4, -0.2) is 0 Å². The van der Waals surface area contributed by atoms with Gasteiger partial charge in [0.25, 0.3) is 0 Å². The Bertz CT molecular complexity index is 247. The van der Waals surface area contributed by atoms with Gasteiger partial charge in [-0.3, -0.25) is 0 Å². The SMILES string of the molecule is C=CCCCCCCC1=C(CC)CCC(C)C1. The van der Waals surface area contributed by atoms with E-state index in [1.165, 1.54) is 64.2 Å². The fraction of sp³-hybridized carbons (Fsp3) is 0.765. The van der Waals surface area contributed by atoms with Gasteiger partial charge in [-0.2, -0.15) is 0 Å². The molecule has 0 fully saturated rings. The molecule has 0 amide bonds. The highest BCUT2D eigenvalue weighted by Gasteiger charge is 2.16. The molecule has 0 aromatic heterocycles. The van der Waals surface area contributed by atoms with E-state index in [0.717, 1.165) is 5.92 Å². The Labute approximate surface area is 108 Å². The van der Waals surface area contributed by atoms with Crippen LogP contribution in [0.25, 0.3) is 0 Å². The minimum atomic E-state index is 0.932. The van der Waals surface area contributed by atoms with Crippen molar-refractivity contribution in [1.29, 1.82) is 0 Å². The van der Waals surface area contributed by atoms with Crippen LogP contribution in [-0.2, 0) is 0 Å². The lowest BCUT2D eigenvalue weighted by molar-refractivity contribution is 0.473. The summed E-state index contributed by atoms with van der Waals surface area (Å²) in [5.41, 5.74) is 3.60. The molecule has 0 saturated heterocycles. The Morgan fingerprint density at radius 1 is 1.18 bits per heavy atom. The fourth-order valence-electron chi connectivity index (χ4n) is 2.95. The van der Waals surface area contributed by atoms with Crippen molar-refractivity contribution in [2.45, 2.75) is 78.1 Å². The molecule has 0 heterocycles. The van der Waals surface area contributed by atoms with Gasteiger partial charge in [0.15, 0.2) is 0 Å². The average Bonchev–Trinajstić information content (AvgIpc) is 2.34. The second-order valence-electron chi connectivity index (χ2n) is 5.65. The summed E-state index contributed by atoms with van der Waals surface area (Å²) in [6.45, 7) is 8.52. The molecule has 98 valence electrons. The molecule has 1 aliphatic carbocycles. The van der Waals surface area contributed by atoms with Crippen molar-refractivity contribution >= 4 is 0 Å². The van der Waals surface area contributed by atoms with Gasteiger partial charge in [0, 0.05) is 0 Å². The van der Waals surface area contributed by atoms with E-state index in [1.807, 2.05) is 11.6 Å². The maximum atomic E-state index is 3.77. The monoisotopic (exact) mass is 234 g/mol. The highest BCUT2D eigenvalue weighted by molar-refractivity contribution is 5.17. The standard InChI is InChI=1S/C17H30/c1-4-6-7-8-9-10-11-17-14-15(3)12-13-16(17)5-2/h4,15H,1,5-14H2,2-3H3. The molecule has 0 nitrogen and oxygen atoms in total. The van der Waals surface area contributed by atoms with E-state index in [9.17, 15) is 0 Å².